The maximum absolute atomic E-state index is 12.4. The molecule has 1 heterocycles. The maximum Gasteiger partial charge on any atom is 0.261 e. The summed E-state index contributed by atoms with van der Waals surface area (Å²) in [5.41, 5.74) is 1.25. The Morgan fingerprint density at radius 2 is 1.61 bits per heavy atom. The third kappa shape index (κ3) is 4.25. The molecule has 5 nitrogen and oxygen atoms in total. The molecular weight excluding hydrogens is 354 g/mol. The van der Waals surface area contributed by atoms with E-state index in [1.807, 2.05) is 38.1 Å². The van der Waals surface area contributed by atoms with Crippen LogP contribution >= 0.6 is 0 Å². The second kappa shape index (κ2) is 8.57. The van der Waals surface area contributed by atoms with Crippen molar-refractivity contribution < 1.29 is 19.4 Å². The van der Waals surface area contributed by atoms with Crippen LogP contribution in [0.1, 0.15) is 59.4 Å². The molecule has 0 radical (unpaired) electrons. The van der Waals surface area contributed by atoms with Gasteiger partial charge in [-0.2, -0.15) is 0 Å². The number of benzene rings is 2. The molecule has 28 heavy (non-hydrogen) atoms. The van der Waals surface area contributed by atoms with Gasteiger partial charge in [0.25, 0.3) is 11.8 Å². The van der Waals surface area contributed by atoms with E-state index in [1.54, 1.807) is 24.3 Å². The van der Waals surface area contributed by atoms with Crippen molar-refractivity contribution in [1.82, 2.24) is 4.90 Å². The van der Waals surface area contributed by atoms with Gasteiger partial charge in [-0.3, -0.25) is 14.5 Å². The summed E-state index contributed by atoms with van der Waals surface area (Å²) in [6.45, 7) is 4.55. The zero-order chi connectivity index (χ0) is 20.1. The molecule has 0 atom stereocenters. The molecule has 0 spiro atoms. The minimum Gasteiger partial charge on any atom is -0.491 e. The Morgan fingerprint density at radius 3 is 2.21 bits per heavy atom. The van der Waals surface area contributed by atoms with Gasteiger partial charge < -0.3 is 9.84 Å². The van der Waals surface area contributed by atoms with Crippen molar-refractivity contribution in [2.75, 3.05) is 13.2 Å². The fourth-order valence-corrected chi connectivity index (χ4v) is 3.35. The van der Waals surface area contributed by atoms with Crippen LogP contribution in [0.5, 0.6) is 5.75 Å². The second-order valence-corrected chi connectivity index (χ2v) is 7.28. The zero-order valence-electron chi connectivity index (χ0n) is 16.5. The predicted molar refractivity (Wildman–Crippen MR) is 108 cm³/mol. The fraction of sp³-hybridized carbons (Fsp3) is 0.391. The van der Waals surface area contributed by atoms with E-state index in [1.165, 1.54) is 4.90 Å². The normalized spacial score (nSPS) is 13.8. The molecule has 1 N–H and O–H groups in total. The molecule has 1 aliphatic rings. The zero-order valence-corrected chi connectivity index (χ0v) is 16.5. The topological polar surface area (TPSA) is 66.8 Å². The Kier molecular flexibility index (Phi) is 6.15. The fourth-order valence-electron chi connectivity index (χ4n) is 3.35. The lowest BCUT2D eigenvalue weighted by Crippen LogP contribution is -2.34. The van der Waals surface area contributed by atoms with E-state index in [-0.39, 0.29) is 18.4 Å². The summed E-state index contributed by atoms with van der Waals surface area (Å²) in [6.07, 6.45) is 2.70. The van der Waals surface area contributed by atoms with Crippen LogP contribution in [0.3, 0.4) is 0 Å². The van der Waals surface area contributed by atoms with E-state index in [9.17, 15) is 14.7 Å². The summed E-state index contributed by atoms with van der Waals surface area (Å²) < 4.78 is 5.78. The highest BCUT2D eigenvalue weighted by Gasteiger charge is 2.34. The van der Waals surface area contributed by atoms with Gasteiger partial charge in [-0.05, 0) is 55.5 Å². The molecule has 1 aliphatic heterocycles. The van der Waals surface area contributed by atoms with Gasteiger partial charge >= 0.3 is 0 Å². The van der Waals surface area contributed by atoms with Crippen molar-refractivity contribution in [2.45, 2.75) is 45.1 Å². The van der Waals surface area contributed by atoms with Gasteiger partial charge in [-0.15, -0.1) is 0 Å². The number of rotatable bonds is 9. The summed E-state index contributed by atoms with van der Waals surface area (Å²) >= 11 is 0. The summed E-state index contributed by atoms with van der Waals surface area (Å²) in [6, 6.07) is 14.7. The molecule has 0 aromatic heterocycles. The number of hydrogen-bond acceptors (Lipinski definition) is 4. The predicted octanol–water partition coefficient (Wildman–Crippen LogP) is 3.85. The number of fused-ring (bicyclic) bond motifs is 1. The van der Waals surface area contributed by atoms with Crippen LogP contribution in [0.25, 0.3) is 0 Å². The number of carbonyl (C=O) groups excluding carboxylic acids is 2. The van der Waals surface area contributed by atoms with Crippen LogP contribution in [0, 0.1) is 0 Å². The van der Waals surface area contributed by atoms with Crippen molar-refractivity contribution in [3.63, 3.8) is 0 Å². The molecule has 3 rings (SSSR count). The van der Waals surface area contributed by atoms with E-state index in [2.05, 4.69) is 0 Å². The second-order valence-electron chi connectivity index (χ2n) is 7.28. The van der Waals surface area contributed by atoms with Gasteiger partial charge in [0.15, 0.2) is 0 Å². The largest absolute Gasteiger partial charge is 0.491 e. The number of imide groups is 1. The Bertz CT molecular complexity index is 822. The van der Waals surface area contributed by atoms with Gasteiger partial charge in [-0.1, -0.05) is 38.1 Å². The average Bonchev–Trinajstić information content (AvgIpc) is 2.97. The van der Waals surface area contributed by atoms with E-state index >= 15 is 0 Å². The molecule has 0 fully saturated rings. The maximum atomic E-state index is 12.4. The van der Waals surface area contributed by atoms with Crippen LogP contribution < -0.4 is 4.74 Å². The number of nitrogens with zero attached hydrogens (tertiary/aromatic N) is 1. The summed E-state index contributed by atoms with van der Waals surface area (Å²) in [4.78, 5) is 26.1. The highest BCUT2D eigenvalue weighted by molar-refractivity contribution is 6.21. The van der Waals surface area contributed by atoms with Crippen molar-refractivity contribution in [1.29, 1.82) is 0 Å². The Balaban J connectivity index is 1.55. The van der Waals surface area contributed by atoms with Crippen molar-refractivity contribution >= 4 is 11.8 Å². The van der Waals surface area contributed by atoms with Crippen LogP contribution in [-0.4, -0.2) is 40.6 Å². The number of hydrogen-bond donors (Lipinski definition) is 1. The number of aryl methyl sites for hydroxylation is 1. The van der Waals surface area contributed by atoms with E-state index in [0.717, 1.165) is 17.7 Å². The average molecular weight is 381 g/mol. The minimum atomic E-state index is -0.804. The van der Waals surface area contributed by atoms with Gasteiger partial charge in [0.1, 0.15) is 12.4 Å². The van der Waals surface area contributed by atoms with Crippen LogP contribution in [0.4, 0.5) is 0 Å². The molecule has 2 aromatic carbocycles. The van der Waals surface area contributed by atoms with Gasteiger partial charge in [0, 0.05) is 6.54 Å². The standard InChI is InChI=1S/C23H27NO4/c1-3-23(27,4-2)16-28-18-11-7-9-17(15-18)10-8-14-24-21(25)19-12-5-6-13-20(19)22(24)26/h5-7,9,11-13,15,27H,3-4,8,10,14,16H2,1-2H3. The molecule has 0 unspecified atom stereocenters. The number of carbonyl (C=O) groups is 2. The molecule has 2 amide bonds. The van der Waals surface area contributed by atoms with Gasteiger partial charge in [-0.25, -0.2) is 0 Å². The van der Waals surface area contributed by atoms with Crippen molar-refractivity contribution in [3.8, 4) is 5.75 Å². The molecule has 5 heteroatoms. The van der Waals surface area contributed by atoms with Crippen LogP contribution in [0.2, 0.25) is 0 Å². The summed E-state index contributed by atoms with van der Waals surface area (Å²) in [7, 11) is 0. The molecule has 0 saturated heterocycles. The first-order chi connectivity index (χ1) is 13.5. The third-order valence-electron chi connectivity index (χ3n) is 5.45. The molecule has 148 valence electrons. The molecule has 2 aromatic rings. The lowest BCUT2D eigenvalue weighted by molar-refractivity contribution is -0.0113. The van der Waals surface area contributed by atoms with Gasteiger partial charge in [0.05, 0.1) is 16.7 Å². The molecule has 0 bridgehead atoms. The third-order valence-corrected chi connectivity index (χ3v) is 5.45. The minimum absolute atomic E-state index is 0.212. The van der Waals surface area contributed by atoms with Crippen LogP contribution in [0.15, 0.2) is 48.5 Å². The van der Waals surface area contributed by atoms with Gasteiger partial charge in [0.2, 0.25) is 0 Å². The quantitative estimate of drug-likeness (QED) is 0.670. The lowest BCUT2D eigenvalue weighted by Gasteiger charge is -2.25. The lowest BCUT2D eigenvalue weighted by atomic mass is 9.99. The van der Waals surface area contributed by atoms with E-state index in [4.69, 9.17) is 4.74 Å². The first-order valence-electron chi connectivity index (χ1n) is 9.87. The highest BCUT2D eigenvalue weighted by Crippen LogP contribution is 2.23. The summed E-state index contributed by atoms with van der Waals surface area (Å²) in [5.74, 6) is 0.297. The number of amides is 2. The van der Waals surface area contributed by atoms with E-state index in [0.29, 0.717) is 36.9 Å². The SMILES string of the molecule is CCC(O)(CC)COc1cccc(CCCN2C(=O)c3ccccc3C2=O)c1. The smallest absolute Gasteiger partial charge is 0.261 e. The first-order valence-corrected chi connectivity index (χ1v) is 9.87. The Labute approximate surface area is 165 Å². The highest BCUT2D eigenvalue weighted by atomic mass is 16.5. The Morgan fingerprint density at radius 1 is 0.964 bits per heavy atom. The first kappa shape index (κ1) is 20.1. The van der Waals surface area contributed by atoms with Crippen molar-refractivity contribution in [2.24, 2.45) is 0 Å². The molecule has 0 aliphatic carbocycles. The Hall–Kier alpha value is -2.66. The van der Waals surface area contributed by atoms with E-state index < -0.39 is 5.60 Å². The molecular formula is C23H27NO4. The van der Waals surface area contributed by atoms with Crippen LogP contribution in [-0.2, 0) is 6.42 Å². The van der Waals surface area contributed by atoms with Crippen molar-refractivity contribution in [3.05, 3.63) is 65.2 Å². The number of ether oxygens (including phenoxy) is 1. The molecule has 0 saturated carbocycles. The monoisotopic (exact) mass is 381 g/mol. The number of aliphatic hydroxyl groups is 1. The summed E-state index contributed by atoms with van der Waals surface area (Å²) in [5, 5.41) is 10.4.